The van der Waals surface area contributed by atoms with E-state index in [0.29, 0.717) is 0 Å². The highest BCUT2D eigenvalue weighted by Crippen LogP contribution is 2.10. The van der Waals surface area contributed by atoms with Crippen molar-refractivity contribution in [2.75, 3.05) is 7.11 Å². The number of methoxy groups -OCH3 is 1. The third-order valence-corrected chi connectivity index (χ3v) is 1.22. The molecule has 0 bridgehead atoms. The van der Waals surface area contributed by atoms with Gasteiger partial charge < -0.3 is 9.84 Å². The summed E-state index contributed by atoms with van der Waals surface area (Å²) < 4.78 is 4.27. The lowest BCUT2D eigenvalue weighted by Gasteiger charge is -2.17. The first kappa shape index (κ1) is 10.1. The summed E-state index contributed by atoms with van der Waals surface area (Å²) in [5.74, 6) is -1.03. The van der Waals surface area contributed by atoms with Crippen molar-refractivity contribution in [1.82, 2.24) is 0 Å². The minimum absolute atomic E-state index is 0.209. The Bertz CT molecular complexity index is 171. The number of carbonyl (C=O) groups is 2. The fourth-order valence-corrected chi connectivity index (χ4v) is 0.777. The number of hydrogen-bond donors (Lipinski definition) is 1. The first-order valence-electron chi connectivity index (χ1n) is 3.20. The lowest BCUT2D eigenvalue weighted by molar-refractivity contribution is -0.162. The van der Waals surface area contributed by atoms with Crippen LogP contribution in [0, 0.1) is 0 Å². The van der Waals surface area contributed by atoms with Crippen molar-refractivity contribution in [3.8, 4) is 0 Å². The van der Waals surface area contributed by atoms with Gasteiger partial charge in [-0.3, -0.25) is 4.79 Å². The van der Waals surface area contributed by atoms with Crippen molar-refractivity contribution in [2.45, 2.75) is 25.9 Å². The number of aliphatic hydroxyl groups is 1. The molecule has 0 spiro atoms. The Morgan fingerprint density at radius 1 is 1.55 bits per heavy atom. The van der Waals surface area contributed by atoms with E-state index in [0.717, 1.165) is 7.11 Å². The molecule has 0 aromatic heterocycles. The van der Waals surface area contributed by atoms with Gasteiger partial charge in [-0.2, -0.15) is 0 Å². The number of ether oxygens (including phenoxy) is 1. The maximum absolute atomic E-state index is 10.7. The van der Waals surface area contributed by atoms with Gasteiger partial charge in [0.15, 0.2) is 5.60 Å². The standard InChI is InChI=1S/C7H12O4/c1-5(8)4-7(2,10)6(9)11-3/h10H,4H2,1-3H3/t7-/m0/s1. The van der Waals surface area contributed by atoms with Crippen LogP contribution in [-0.4, -0.2) is 29.6 Å². The van der Waals surface area contributed by atoms with Gasteiger partial charge in [0.25, 0.3) is 0 Å². The van der Waals surface area contributed by atoms with Crippen LogP contribution in [0.2, 0.25) is 0 Å². The summed E-state index contributed by atoms with van der Waals surface area (Å²) in [6, 6.07) is 0. The summed E-state index contributed by atoms with van der Waals surface area (Å²) >= 11 is 0. The van der Waals surface area contributed by atoms with Gasteiger partial charge in [0, 0.05) is 6.42 Å². The van der Waals surface area contributed by atoms with Crippen molar-refractivity contribution in [3.05, 3.63) is 0 Å². The summed E-state index contributed by atoms with van der Waals surface area (Å²) in [6.45, 7) is 2.55. The smallest absolute Gasteiger partial charge is 0.338 e. The van der Waals surface area contributed by atoms with Crippen molar-refractivity contribution in [2.24, 2.45) is 0 Å². The largest absolute Gasteiger partial charge is 0.467 e. The third-order valence-electron chi connectivity index (χ3n) is 1.22. The summed E-state index contributed by atoms with van der Waals surface area (Å²) in [7, 11) is 1.16. The van der Waals surface area contributed by atoms with Crippen molar-refractivity contribution >= 4 is 11.8 Å². The zero-order valence-electron chi connectivity index (χ0n) is 6.88. The Hall–Kier alpha value is -0.900. The third kappa shape index (κ3) is 3.13. The lowest BCUT2D eigenvalue weighted by atomic mass is 10.0. The normalized spacial score (nSPS) is 15.3. The molecule has 64 valence electrons. The number of Topliss-reactive ketones (excluding diaryl/α,β-unsaturated/α-hetero) is 1. The number of ketones is 1. The van der Waals surface area contributed by atoms with E-state index in [-0.39, 0.29) is 12.2 Å². The van der Waals surface area contributed by atoms with Gasteiger partial charge in [0.2, 0.25) is 0 Å². The van der Waals surface area contributed by atoms with E-state index in [1.807, 2.05) is 0 Å². The van der Waals surface area contributed by atoms with E-state index in [9.17, 15) is 14.7 Å². The van der Waals surface area contributed by atoms with Crippen molar-refractivity contribution in [1.29, 1.82) is 0 Å². The van der Waals surface area contributed by atoms with E-state index < -0.39 is 11.6 Å². The van der Waals surface area contributed by atoms with Crippen molar-refractivity contribution < 1.29 is 19.4 Å². The Kier molecular flexibility index (Phi) is 3.19. The molecular weight excluding hydrogens is 148 g/mol. The first-order valence-corrected chi connectivity index (χ1v) is 3.20. The molecule has 0 fully saturated rings. The van der Waals surface area contributed by atoms with Crippen LogP contribution in [-0.2, 0) is 14.3 Å². The molecule has 0 saturated heterocycles. The van der Waals surface area contributed by atoms with Crippen LogP contribution < -0.4 is 0 Å². The second kappa shape index (κ2) is 3.48. The molecule has 0 aromatic rings. The Balaban J connectivity index is 4.21. The van der Waals surface area contributed by atoms with E-state index in [1.54, 1.807) is 0 Å². The SMILES string of the molecule is COC(=O)[C@@](C)(O)CC(C)=O. The fourth-order valence-electron chi connectivity index (χ4n) is 0.777. The van der Waals surface area contributed by atoms with Gasteiger partial charge in [-0.05, 0) is 13.8 Å². The molecule has 0 aliphatic heterocycles. The molecule has 11 heavy (non-hydrogen) atoms. The van der Waals surface area contributed by atoms with E-state index >= 15 is 0 Å². The van der Waals surface area contributed by atoms with Gasteiger partial charge in [-0.15, -0.1) is 0 Å². The minimum Gasteiger partial charge on any atom is -0.467 e. The average molecular weight is 160 g/mol. The molecular formula is C7H12O4. The molecule has 0 aromatic carbocycles. The lowest BCUT2D eigenvalue weighted by Crippen LogP contribution is -2.37. The van der Waals surface area contributed by atoms with E-state index in [1.165, 1.54) is 13.8 Å². The monoisotopic (exact) mass is 160 g/mol. The first-order chi connectivity index (χ1) is 4.90. The number of rotatable bonds is 3. The van der Waals surface area contributed by atoms with Crippen LogP contribution in [0.1, 0.15) is 20.3 Å². The minimum atomic E-state index is -1.68. The Labute approximate surface area is 65.2 Å². The molecule has 4 nitrogen and oxygen atoms in total. The fraction of sp³-hybridized carbons (Fsp3) is 0.714. The van der Waals surface area contributed by atoms with Crippen LogP contribution in [0.5, 0.6) is 0 Å². The molecule has 0 saturated carbocycles. The number of esters is 1. The second-order valence-corrected chi connectivity index (χ2v) is 2.64. The molecule has 0 radical (unpaired) electrons. The molecule has 0 heterocycles. The molecule has 1 N–H and O–H groups in total. The summed E-state index contributed by atoms with van der Waals surface area (Å²) in [5.41, 5.74) is -1.68. The Morgan fingerprint density at radius 3 is 2.27 bits per heavy atom. The van der Waals surface area contributed by atoms with Crippen LogP contribution in [0.15, 0.2) is 0 Å². The van der Waals surface area contributed by atoms with Crippen molar-refractivity contribution in [3.63, 3.8) is 0 Å². The highest BCUT2D eigenvalue weighted by molar-refractivity contribution is 5.87. The average Bonchev–Trinajstić information content (AvgIpc) is 1.83. The van der Waals surface area contributed by atoms with Gasteiger partial charge >= 0.3 is 5.97 Å². The molecule has 0 aliphatic rings. The molecule has 0 unspecified atom stereocenters. The maximum Gasteiger partial charge on any atom is 0.338 e. The highest BCUT2D eigenvalue weighted by atomic mass is 16.5. The predicted molar refractivity (Wildman–Crippen MR) is 37.9 cm³/mol. The zero-order valence-corrected chi connectivity index (χ0v) is 6.88. The molecule has 0 amide bonds. The Morgan fingerprint density at radius 2 is 2.00 bits per heavy atom. The van der Waals surface area contributed by atoms with Crippen LogP contribution in [0.3, 0.4) is 0 Å². The highest BCUT2D eigenvalue weighted by Gasteiger charge is 2.32. The molecule has 0 aliphatic carbocycles. The summed E-state index contributed by atoms with van der Waals surface area (Å²) in [4.78, 5) is 21.3. The summed E-state index contributed by atoms with van der Waals surface area (Å²) in [6.07, 6.45) is -0.209. The molecule has 0 rings (SSSR count). The van der Waals surface area contributed by atoms with Gasteiger partial charge in [-0.25, -0.2) is 4.79 Å². The van der Waals surface area contributed by atoms with Crippen LogP contribution >= 0.6 is 0 Å². The van der Waals surface area contributed by atoms with Crippen LogP contribution in [0.25, 0.3) is 0 Å². The van der Waals surface area contributed by atoms with E-state index in [4.69, 9.17) is 0 Å². The molecule has 4 heteroatoms. The van der Waals surface area contributed by atoms with Gasteiger partial charge in [0.1, 0.15) is 5.78 Å². The van der Waals surface area contributed by atoms with Crippen LogP contribution in [0.4, 0.5) is 0 Å². The summed E-state index contributed by atoms with van der Waals surface area (Å²) in [5, 5.41) is 9.26. The van der Waals surface area contributed by atoms with Gasteiger partial charge in [-0.1, -0.05) is 0 Å². The second-order valence-electron chi connectivity index (χ2n) is 2.64. The predicted octanol–water partition coefficient (Wildman–Crippen LogP) is -0.111. The van der Waals surface area contributed by atoms with E-state index in [2.05, 4.69) is 4.74 Å². The molecule has 1 atom stereocenters. The topological polar surface area (TPSA) is 63.6 Å². The zero-order chi connectivity index (χ0) is 9.07. The number of carbonyl (C=O) groups excluding carboxylic acids is 2. The quantitative estimate of drug-likeness (QED) is 0.585. The number of hydrogen-bond acceptors (Lipinski definition) is 4. The maximum atomic E-state index is 10.7. The van der Waals surface area contributed by atoms with Gasteiger partial charge in [0.05, 0.1) is 7.11 Å².